The van der Waals surface area contributed by atoms with Crippen molar-refractivity contribution < 1.29 is 19.1 Å². The zero-order chi connectivity index (χ0) is 16.7. The van der Waals surface area contributed by atoms with E-state index in [0.717, 1.165) is 16.9 Å². The molecule has 1 aliphatic carbocycles. The van der Waals surface area contributed by atoms with Gasteiger partial charge in [0.25, 0.3) is 0 Å². The number of esters is 2. The third kappa shape index (κ3) is 1.58. The maximum absolute atomic E-state index is 12.3. The smallest absolute Gasteiger partial charge is 0.346 e. The molecule has 0 saturated carbocycles. The van der Waals surface area contributed by atoms with Crippen LogP contribution in [0.15, 0.2) is 34.1 Å². The number of carbonyl (C=O) groups is 2. The molecule has 0 amide bonds. The average Bonchev–Trinajstić information content (AvgIpc) is 2.77. The molecule has 0 aromatic heterocycles. The van der Waals surface area contributed by atoms with Gasteiger partial charge in [-0.15, -0.1) is 0 Å². The molecule has 2 heterocycles. The van der Waals surface area contributed by atoms with Gasteiger partial charge in [0.2, 0.25) is 0 Å². The fraction of sp³-hybridized carbons (Fsp3) is 0.556. The number of hydrogen-bond acceptors (Lipinski definition) is 4. The molecule has 2 aliphatic heterocycles. The molecule has 1 atom stereocenters. The zero-order valence-electron chi connectivity index (χ0n) is 14.2. The van der Waals surface area contributed by atoms with E-state index in [1.165, 1.54) is 0 Å². The second-order valence-electron chi connectivity index (χ2n) is 7.98. The lowest BCUT2D eigenvalue weighted by molar-refractivity contribution is -0.152. The number of cyclic esters (lactones) is 2. The van der Waals surface area contributed by atoms with Gasteiger partial charge in [0, 0.05) is 11.0 Å². The first-order chi connectivity index (χ1) is 9.91. The minimum absolute atomic E-state index is 0.304. The third-order valence-electron chi connectivity index (χ3n) is 5.16. The molecule has 3 rings (SSSR count). The second-order valence-corrected chi connectivity index (χ2v) is 7.98. The van der Waals surface area contributed by atoms with Gasteiger partial charge >= 0.3 is 11.9 Å². The van der Waals surface area contributed by atoms with Crippen LogP contribution in [0.2, 0.25) is 0 Å². The van der Waals surface area contributed by atoms with Gasteiger partial charge in [0.15, 0.2) is 0 Å². The van der Waals surface area contributed by atoms with Crippen molar-refractivity contribution in [1.29, 1.82) is 0 Å². The molecule has 0 saturated heterocycles. The summed E-state index contributed by atoms with van der Waals surface area (Å²) in [4.78, 5) is 24.7. The maximum atomic E-state index is 12.3. The molecule has 0 aromatic rings. The van der Waals surface area contributed by atoms with Crippen LogP contribution in [-0.2, 0) is 19.1 Å². The minimum atomic E-state index is -0.678. The number of rotatable bonds is 0. The van der Waals surface area contributed by atoms with Crippen molar-refractivity contribution in [3.8, 4) is 0 Å². The summed E-state index contributed by atoms with van der Waals surface area (Å²) in [6, 6.07) is 0. The number of ether oxygens (including phenoxy) is 2. The Morgan fingerprint density at radius 1 is 1.05 bits per heavy atom. The van der Waals surface area contributed by atoms with Gasteiger partial charge in [0.05, 0.1) is 16.9 Å². The second kappa shape index (κ2) is 3.92. The highest BCUT2D eigenvalue weighted by Gasteiger charge is 2.61. The molecule has 3 aliphatic rings. The van der Waals surface area contributed by atoms with E-state index in [1.54, 1.807) is 0 Å². The summed E-state index contributed by atoms with van der Waals surface area (Å²) < 4.78 is 11.1. The summed E-state index contributed by atoms with van der Waals surface area (Å²) in [6.07, 6.45) is 1.99. The average molecular weight is 302 g/mol. The molecule has 0 bridgehead atoms. The van der Waals surface area contributed by atoms with Crippen LogP contribution in [0.1, 0.15) is 48.5 Å². The van der Waals surface area contributed by atoms with Crippen molar-refractivity contribution in [1.82, 2.24) is 0 Å². The summed E-state index contributed by atoms with van der Waals surface area (Å²) in [5, 5.41) is 0. The van der Waals surface area contributed by atoms with E-state index in [0.29, 0.717) is 11.1 Å². The van der Waals surface area contributed by atoms with Gasteiger partial charge in [-0.3, -0.25) is 0 Å². The van der Waals surface area contributed by atoms with Crippen molar-refractivity contribution in [3.63, 3.8) is 0 Å². The van der Waals surface area contributed by atoms with Crippen LogP contribution in [0.25, 0.3) is 0 Å². The van der Waals surface area contributed by atoms with Crippen LogP contribution in [-0.4, -0.2) is 17.5 Å². The molecular formula is C18H22O4. The molecule has 0 fully saturated rings. The molecule has 0 unspecified atom stereocenters. The zero-order valence-corrected chi connectivity index (χ0v) is 14.2. The Labute approximate surface area is 130 Å². The Kier molecular flexibility index (Phi) is 2.68. The molecule has 118 valence electrons. The first-order valence-corrected chi connectivity index (χ1v) is 7.55. The predicted molar refractivity (Wildman–Crippen MR) is 81.6 cm³/mol. The third-order valence-corrected chi connectivity index (χ3v) is 5.16. The fourth-order valence-electron chi connectivity index (χ4n) is 3.86. The van der Waals surface area contributed by atoms with Crippen LogP contribution in [0.4, 0.5) is 0 Å². The molecule has 0 spiro atoms. The number of carbonyl (C=O) groups excluding carboxylic acids is 2. The summed E-state index contributed by atoms with van der Waals surface area (Å²) in [7, 11) is 0. The van der Waals surface area contributed by atoms with E-state index in [1.807, 2.05) is 54.5 Å². The lowest BCUT2D eigenvalue weighted by atomic mass is 9.58. The van der Waals surface area contributed by atoms with Crippen LogP contribution in [0.5, 0.6) is 0 Å². The Morgan fingerprint density at radius 2 is 1.64 bits per heavy atom. The standard InChI is InChI=1S/C18H22O4/c1-9-8-10-12(16(2,3)4)11-13(15(20)21-14(11)19)17(5,6)18(10,7)22-9/h8H,1-7H3/t18-/m1/s1. The van der Waals surface area contributed by atoms with Crippen molar-refractivity contribution in [2.75, 3.05) is 0 Å². The van der Waals surface area contributed by atoms with E-state index in [2.05, 4.69) is 0 Å². The van der Waals surface area contributed by atoms with Gasteiger partial charge in [-0.05, 0) is 30.9 Å². The highest BCUT2D eigenvalue weighted by molar-refractivity contribution is 6.16. The van der Waals surface area contributed by atoms with Gasteiger partial charge in [-0.1, -0.05) is 34.6 Å². The fourth-order valence-corrected chi connectivity index (χ4v) is 3.86. The van der Waals surface area contributed by atoms with Gasteiger partial charge < -0.3 is 9.47 Å². The Morgan fingerprint density at radius 3 is 2.18 bits per heavy atom. The van der Waals surface area contributed by atoms with Crippen LogP contribution >= 0.6 is 0 Å². The molecule has 4 nitrogen and oxygen atoms in total. The minimum Gasteiger partial charge on any atom is -0.487 e. The van der Waals surface area contributed by atoms with Crippen LogP contribution < -0.4 is 0 Å². The first kappa shape index (κ1) is 15.1. The summed E-state index contributed by atoms with van der Waals surface area (Å²) in [6.45, 7) is 13.9. The SMILES string of the molecule is CC1=CC2=C(C(C)(C)C)C3=C(C(=O)OC3=O)C(C)(C)[C@]2(C)O1. The maximum Gasteiger partial charge on any atom is 0.346 e. The van der Waals surface area contributed by atoms with Gasteiger partial charge in [0.1, 0.15) is 5.60 Å². The van der Waals surface area contributed by atoms with E-state index >= 15 is 0 Å². The monoisotopic (exact) mass is 302 g/mol. The molecular weight excluding hydrogens is 280 g/mol. The molecule has 0 aromatic carbocycles. The van der Waals surface area contributed by atoms with E-state index in [-0.39, 0.29) is 5.41 Å². The number of fused-ring (bicyclic) bond motifs is 1. The van der Waals surface area contributed by atoms with Gasteiger partial charge in [-0.2, -0.15) is 0 Å². The molecule has 22 heavy (non-hydrogen) atoms. The Hall–Kier alpha value is -1.84. The molecule has 4 heteroatoms. The quantitative estimate of drug-likeness (QED) is 0.508. The van der Waals surface area contributed by atoms with E-state index in [9.17, 15) is 9.59 Å². The highest BCUT2D eigenvalue weighted by atomic mass is 16.6. The van der Waals surface area contributed by atoms with E-state index in [4.69, 9.17) is 9.47 Å². The first-order valence-electron chi connectivity index (χ1n) is 7.55. The Balaban J connectivity index is 2.45. The normalized spacial score (nSPS) is 30.0. The molecule has 0 radical (unpaired) electrons. The van der Waals surface area contributed by atoms with Gasteiger partial charge in [-0.25, -0.2) is 9.59 Å². The van der Waals surface area contributed by atoms with Crippen LogP contribution in [0.3, 0.4) is 0 Å². The topological polar surface area (TPSA) is 52.6 Å². The Bertz CT molecular complexity index is 710. The number of hydrogen-bond donors (Lipinski definition) is 0. The predicted octanol–water partition coefficient (Wildman–Crippen LogP) is 3.44. The van der Waals surface area contributed by atoms with Crippen molar-refractivity contribution in [3.05, 3.63) is 34.1 Å². The van der Waals surface area contributed by atoms with Crippen molar-refractivity contribution in [2.45, 2.75) is 54.1 Å². The highest BCUT2D eigenvalue weighted by Crippen LogP contribution is 2.59. The lowest BCUT2D eigenvalue weighted by Crippen LogP contribution is -2.49. The summed E-state index contributed by atoms with van der Waals surface area (Å²) in [5.74, 6) is -0.278. The summed E-state index contributed by atoms with van der Waals surface area (Å²) in [5.41, 5.74) is 1.08. The van der Waals surface area contributed by atoms with E-state index < -0.39 is 23.0 Å². The molecule has 0 N–H and O–H groups in total. The largest absolute Gasteiger partial charge is 0.487 e. The van der Waals surface area contributed by atoms with Crippen LogP contribution in [0, 0.1) is 10.8 Å². The lowest BCUT2D eigenvalue weighted by Gasteiger charge is -2.47. The summed E-state index contributed by atoms with van der Waals surface area (Å²) >= 11 is 0. The number of allylic oxidation sites excluding steroid dienone is 1. The van der Waals surface area contributed by atoms with Crippen molar-refractivity contribution >= 4 is 11.9 Å². The van der Waals surface area contributed by atoms with Crippen molar-refractivity contribution in [2.24, 2.45) is 10.8 Å².